The number of hydrogen-bond acceptors (Lipinski definition) is 5. The first-order valence-electron chi connectivity index (χ1n) is 8.87. The largest absolute Gasteiger partial charge is 0.459 e. The molecular formula is C19H30N4O4. The average molecular weight is 378 g/mol. The van der Waals surface area contributed by atoms with E-state index in [0.29, 0.717) is 25.3 Å². The smallest absolute Gasteiger partial charge is 0.408 e. The molecule has 0 aromatic heterocycles. The summed E-state index contributed by atoms with van der Waals surface area (Å²) >= 11 is 0. The summed E-state index contributed by atoms with van der Waals surface area (Å²) in [7, 11) is 1.58. The molecule has 1 amide bonds. The molecule has 4 N–H and O–H groups in total. The van der Waals surface area contributed by atoms with Crippen LogP contribution in [0.5, 0.6) is 0 Å². The van der Waals surface area contributed by atoms with Crippen LogP contribution in [0.15, 0.2) is 35.3 Å². The van der Waals surface area contributed by atoms with Crippen molar-refractivity contribution in [1.82, 2.24) is 10.6 Å². The van der Waals surface area contributed by atoms with Gasteiger partial charge in [0.05, 0.1) is 0 Å². The fourth-order valence-electron chi connectivity index (χ4n) is 2.13. The van der Waals surface area contributed by atoms with Crippen LogP contribution in [-0.4, -0.2) is 43.3 Å². The lowest BCUT2D eigenvalue weighted by molar-refractivity contribution is -0.147. The van der Waals surface area contributed by atoms with E-state index in [4.69, 9.17) is 15.2 Å². The molecule has 0 fully saturated rings. The molecule has 1 rings (SSSR count). The number of benzene rings is 1. The number of esters is 1. The number of ether oxygens (including phenoxy) is 2. The lowest BCUT2D eigenvalue weighted by Gasteiger charge is -2.23. The van der Waals surface area contributed by atoms with E-state index >= 15 is 0 Å². The van der Waals surface area contributed by atoms with Gasteiger partial charge in [-0.1, -0.05) is 30.3 Å². The molecule has 1 atom stereocenters. The third-order valence-corrected chi connectivity index (χ3v) is 3.42. The van der Waals surface area contributed by atoms with Crippen molar-refractivity contribution in [2.24, 2.45) is 10.7 Å². The first-order chi connectivity index (χ1) is 12.7. The second kappa shape index (κ2) is 11.1. The van der Waals surface area contributed by atoms with Gasteiger partial charge in [0.1, 0.15) is 18.2 Å². The predicted molar refractivity (Wildman–Crippen MR) is 104 cm³/mol. The summed E-state index contributed by atoms with van der Waals surface area (Å²) < 4.78 is 10.6. The van der Waals surface area contributed by atoms with E-state index < -0.39 is 23.7 Å². The van der Waals surface area contributed by atoms with Crippen molar-refractivity contribution >= 4 is 18.0 Å². The van der Waals surface area contributed by atoms with Crippen LogP contribution in [0.1, 0.15) is 39.2 Å². The van der Waals surface area contributed by atoms with Gasteiger partial charge < -0.3 is 25.8 Å². The zero-order valence-corrected chi connectivity index (χ0v) is 16.5. The number of aliphatic imine (C=N–C) groups is 1. The number of nitrogens with one attached hydrogen (secondary N) is 2. The van der Waals surface area contributed by atoms with Gasteiger partial charge in [-0.05, 0) is 39.2 Å². The summed E-state index contributed by atoms with van der Waals surface area (Å²) in [5.74, 6) is -0.194. The Morgan fingerprint density at radius 2 is 1.89 bits per heavy atom. The Labute approximate surface area is 160 Å². The number of nitrogens with zero attached hydrogens (tertiary/aromatic N) is 1. The zero-order valence-electron chi connectivity index (χ0n) is 16.5. The van der Waals surface area contributed by atoms with Crippen molar-refractivity contribution in [3.63, 3.8) is 0 Å². The number of carbonyl (C=O) groups is 2. The summed E-state index contributed by atoms with van der Waals surface area (Å²) in [5.41, 5.74) is 5.78. The van der Waals surface area contributed by atoms with Crippen molar-refractivity contribution in [1.29, 1.82) is 0 Å². The summed E-state index contributed by atoms with van der Waals surface area (Å²) in [6.45, 7) is 5.92. The molecule has 0 saturated carbocycles. The first-order valence-corrected chi connectivity index (χ1v) is 8.87. The fourth-order valence-corrected chi connectivity index (χ4v) is 2.13. The number of hydrogen-bond donors (Lipinski definition) is 3. The number of amides is 1. The summed E-state index contributed by atoms with van der Waals surface area (Å²) in [6.07, 6.45) is 0.292. The third kappa shape index (κ3) is 10.1. The van der Waals surface area contributed by atoms with Crippen molar-refractivity contribution in [3.8, 4) is 0 Å². The van der Waals surface area contributed by atoms with Crippen LogP contribution in [0.25, 0.3) is 0 Å². The van der Waals surface area contributed by atoms with Gasteiger partial charge in [0.15, 0.2) is 5.96 Å². The van der Waals surface area contributed by atoms with Crippen molar-refractivity contribution in [3.05, 3.63) is 35.9 Å². The molecule has 8 heteroatoms. The van der Waals surface area contributed by atoms with Crippen LogP contribution in [0, 0.1) is 0 Å². The van der Waals surface area contributed by atoms with Gasteiger partial charge in [0.25, 0.3) is 0 Å². The quantitative estimate of drug-likeness (QED) is 0.276. The molecule has 0 unspecified atom stereocenters. The minimum absolute atomic E-state index is 0.139. The van der Waals surface area contributed by atoms with Gasteiger partial charge in [0.2, 0.25) is 0 Å². The van der Waals surface area contributed by atoms with Crippen LogP contribution in [-0.2, 0) is 20.9 Å². The molecule has 0 radical (unpaired) electrons. The second-order valence-electron chi connectivity index (χ2n) is 6.97. The van der Waals surface area contributed by atoms with Crippen LogP contribution in [0.2, 0.25) is 0 Å². The van der Waals surface area contributed by atoms with Crippen molar-refractivity contribution in [2.45, 2.75) is 51.9 Å². The topological polar surface area (TPSA) is 115 Å². The number of guanidine groups is 1. The highest BCUT2D eigenvalue weighted by atomic mass is 16.6. The van der Waals surface area contributed by atoms with Gasteiger partial charge in [-0.15, -0.1) is 0 Å². The zero-order chi connectivity index (χ0) is 20.3. The van der Waals surface area contributed by atoms with E-state index in [1.165, 1.54) is 0 Å². The molecule has 0 bridgehead atoms. The molecule has 0 heterocycles. The Morgan fingerprint density at radius 3 is 2.48 bits per heavy atom. The highest BCUT2D eigenvalue weighted by molar-refractivity contribution is 5.81. The molecular weight excluding hydrogens is 348 g/mol. The standard InChI is InChI=1S/C19H30N4O4/c1-19(2,3)27-18(25)23-15(11-8-12-22-17(20)21-4)16(24)26-13-14-9-6-5-7-10-14/h5-7,9-10,15H,8,11-13H2,1-4H3,(H,23,25)(H3,20,21,22)/t15-/m0/s1. The highest BCUT2D eigenvalue weighted by Gasteiger charge is 2.25. The van der Waals surface area contributed by atoms with Gasteiger partial charge >= 0.3 is 12.1 Å². The number of alkyl carbamates (subject to hydrolysis) is 1. The van der Waals surface area contributed by atoms with Gasteiger partial charge in [-0.25, -0.2) is 9.59 Å². The lowest BCUT2D eigenvalue weighted by Crippen LogP contribution is -2.44. The molecule has 1 aromatic carbocycles. The van der Waals surface area contributed by atoms with E-state index in [1.807, 2.05) is 30.3 Å². The van der Waals surface area contributed by atoms with E-state index in [2.05, 4.69) is 15.6 Å². The Kier molecular flexibility index (Phi) is 9.12. The summed E-state index contributed by atoms with van der Waals surface area (Å²) in [5, 5.41) is 5.49. The summed E-state index contributed by atoms with van der Waals surface area (Å²) in [4.78, 5) is 28.3. The molecule has 1 aromatic rings. The third-order valence-electron chi connectivity index (χ3n) is 3.42. The average Bonchev–Trinajstić information content (AvgIpc) is 2.61. The number of rotatable bonds is 8. The van der Waals surface area contributed by atoms with Gasteiger partial charge in [-0.3, -0.25) is 4.99 Å². The van der Waals surface area contributed by atoms with Crippen LogP contribution in [0.3, 0.4) is 0 Å². The number of carbonyl (C=O) groups excluding carboxylic acids is 2. The number of nitrogens with two attached hydrogens (primary N) is 1. The Hall–Kier alpha value is -2.77. The van der Waals surface area contributed by atoms with E-state index in [-0.39, 0.29) is 6.61 Å². The minimum Gasteiger partial charge on any atom is -0.459 e. The molecule has 0 spiro atoms. The fraction of sp³-hybridized carbons (Fsp3) is 0.526. The molecule has 0 saturated heterocycles. The van der Waals surface area contributed by atoms with Crippen LogP contribution >= 0.6 is 0 Å². The maximum atomic E-state index is 12.4. The molecule has 0 aliphatic heterocycles. The molecule has 150 valence electrons. The first kappa shape index (κ1) is 22.3. The van der Waals surface area contributed by atoms with Crippen LogP contribution < -0.4 is 16.4 Å². The van der Waals surface area contributed by atoms with E-state index in [9.17, 15) is 9.59 Å². The SMILES string of the molecule is CN=C(N)NCCC[C@H](NC(=O)OC(C)(C)C)C(=O)OCc1ccccc1. The van der Waals surface area contributed by atoms with Crippen molar-refractivity contribution in [2.75, 3.05) is 13.6 Å². The second-order valence-corrected chi connectivity index (χ2v) is 6.97. The predicted octanol–water partition coefficient (Wildman–Crippen LogP) is 1.94. The van der Waals surface area contributed by atoms with Crippen LogP contribution in [0.4, 0.5) is 4.79 Å². The Bertz CT molecular complexity index is 626. The maximum Gasteiger partial charge on any atom is 0.408 e. The van der Waals surface area contributed by atoms with Gasteiger partial charge in [0, 0.05) is 13.6 Å². The highest BCUT2D eigenvalue weighted by Crippen LogP contribution is 2.09. The molecule has 8 nitrogen and oxygen atoms in total. The molecule has 0 aliphatic rings. The monoisotopic (exact) mass is 378 g/mol. The van der Waals surface area contributed by atoms with Crippen molar-refractivity contribution < 1.29 is 19.1 Å². The molecule has 0 aliphatic carbocycles. The maximum absolute atomic E-state index is 12.4. The molecule has 27 heavy (non-hydrogen) atoms. The van der Waals surface area contributed by atoms with E-state index in [0.717, 1.165) is 5.56 Å². The minimum atomic E-state index is -0.815. The lowest BCUT2D eigenvalue weighted by atomic mass is 10.1. The van der Waals surface area contributed by atoms with E-state index in [1.54, 1.807) is 27.8 Å². The Balaban J connectivity index is 2.61. The Morgan fingerprint density at radius 1 is 1.22 bits per heavy atom. The van der Waals surface area contributed by atoms with Gasteiger partial charge in [-0.2, -0.15) is 0 Å². The summed E-state index contributed by atoms with van der Waals surface area (Å²) in [6, 6.07) is 8.53. The normalized spacial score (nSPS) is 12.8.